The molecule has 0 spiro atoms. The van der Waals surface area contributed by atoms with Gasteiger partial charge in [-0.1, -0.05) is 104 Å². The van der Waals surface area contributed by atoms with E-state index in [0.717, 1.165) is 30.1 Å². The first-order valence-electron chi connectivity index (χ1n) is 10.7. The van der Waals surface area contributed by atoms with Crippen molar-refractivity contribution < 1.29 is 5.11 Å². The summed E-state index contributed by atoms with van der Waals surface area (Å²) in [7, 11) is 0. The minimum atomic E-state index is 0.379. The molecule has 1 nitrogen and oxygen atoms in total. The molecule has 2 unspecified atom stereocenters. The van der Waals surface area contributed by atoms with E-state index in [4.69, 9.17) is 5.11 Å². The van der Waals surface area contributed by atoms with Gasteiger partial charge in [-0.25, -0.2) is 0 Å². The van der Waals surface area contributed by atoms with Gasteiger partial charge in [-0.2, -0.15) is 0 Å². The zero-order valence-electron chi connectivity index (χ0n) is 16.4. The third kappa shape index (κ3) is 10.4. The van der Waals surface area contributed by atoms with E-state index in [1.54, 1.807) is 0 Å². The Morgan fingerprint density at radius 2 is 1.35 bits per heavy atom. The summed E-state index contributed by atoms with van der Waals surface area (Å²) in [5.74, 6) is 3.73. The molecule has 0 aliphatic heterocycles. The molecule has 1 aliphatic carbocycles. The molecule has 0 bridgehead atoms. The highest BCUT2D eigenvalue weighted by molar-refractivity contribution is 4.75. The normalized spacial score (nSPS) is 19.2. The van der Waals surface area contributed by atoms with Crippen LogP contribution in [0.25, 0.3) is 0 Å². The second-order valence-electron chi connectivity index (χ2n) is 8.74. The van der Waals surface area contributed by atoms with Crippen molar-refractivity contribution in [2.24, 2.45) is 23.7 Å². The molecule has 0 aromatic heterocycles. The predicted octanol–water partition coefficient (Wildman–Crippen LogP) is 6.98. The van der Waals surface area contributed by atoms with E-state index in [2.05, 4.69) is 20.8 Å². The zero-order chi connectivity index (χ0) is 16.9. The van der Waals surface area contributed by atoms with Gasteiger partial charge in [-0.3, -0.25) is 0 Å². The van der Waals surface area contributed by atoms with Crippen molar-refractivity contribution in [2.45, 2.75) is 111 Å². The van der Waals surface area contributed by atoms with Crippen LogP contribution in [0.4, 0.5) is 0 Å². The summed E-state index contributed by atoms with van der Waals surface area (Å²) in [6.45, 7) is 7.52. The predicted molar refractivity (Wildman–Crippen MR) is 103 cm³/mol. The molecule has 0 aromatic rings. The topological polar surface area (TPSA) is 20.2 Å². The van der Waals surface area contributed by atoms with E-state index in [0.29, 0.717) is 6.61 Å². The van der Waals surface area contributed by atoms with Crippen LogP contribution < -0.4 is 0 Å². The van der Waals surface area contributed by atoms with Gasteiger partial charge in [0.1, 0.15) is 0 Å². The molecule has 0 aromatic carbocycles. The molecule has 1 heteroatoms. The lowest BCUT2D eigenvalue weighted by atomic mass is 9.75. The highest BCUT2D eigenvalue weighted by atomic mass is 16.2. The summed E-state index contributed by atoms with van der Waals surface area (Å²) in [5, 5.41) is 9.06. The van der Waals surface area contributed by atoms with Gasteiger partial charge in [0, 0.05) is 6.61 Å². The molecule has 1 N–H and O–H groups in total. The van der Waals surface area contributed by atoms with Crippen molar-refractivity contribution in [3.8, 4) is 0 Å². The second-order valence-corrected chi connectivity index (χ2v) is 8.74. The lowest BCUT2D eigenvalue weighted by Gasteiger charge is -2.31. The molecular formula is C22H44O. The molecule has 0 heterocycles. The first-order valence-corrected chi connectivity index (χ1v) is 10.7. The van der Waals surface area contributed by atoms with Crippen LogP contribution in [0.2, 0.25) is 0 Å². The summed E-state index contributed by atoms with van der Waals surface area (Å²) >= 11 is 0. The average Bonchev–Trinajstić information content (AvgIpc) is 2.54. The zero-order valence-corrected chi connectivity index (χ0v) is 16.4. The molecule has 2 atom stereocenters. The summed E-state index contributed by atoms with van der Waals surface area (Å²) in [6.07, 6.45) is 19.5. The Hall–Kier alpha value is -0.0400. The lowest BCUT2D eigenvalue weighted by Crippen LogP contribution is -2.18. The van der Waals surface area contributed by atoms with Crippen LogP contribution in [0.3, 0.4) is 0 Å². The van der Waals surface area contributed by atoms with E-state index in [9.17, 15) is 0 Å². The number of aliphatic hydroxyl groups is 1. The van der Waals surface area contributed by atoms with Crippen molar-refractivity contribution in [3.63, 3.8) is 0 Å². The fourth-order valence-electron chi connectivity index (χ4n) is 4.49. The summed E-state index contributed by atoms with van der Waals surface area (Å²) in [6, 6.07) is 0. The number of aliphatic hydroxyl groups excluding tert-OH is 1. The van der Waals surface area contributed by atoms with Crippen LogP contribution in [-0.4, -0.2) is 11.7 Å². The van der Waals surface area contributed by atoms with E-state index in [1.807, 2.05) is 0 Å². The van der Waals surface area contributed by atoms with Crippen molar-refractivity contribution in [1.82, 2.24) is 0 Å². The maximum atomic E-state index is 9.06. The first-order chi connectivity index (χ1) is 11.1. The van der Waals surface area contributed by atoms with Gasteiger partial charge in [0.2, 0.25) is 0 Å². The Bertz CT molecular complexity index is 255. The Balaban J connectivity index is 2.23. The molecule has 0 amide bonds. The Kier molecular flexibility index (Phi) is 12.1. The van der Waals surface area contributed by atoms with Crippen LogP contribution in [0.5, 0.6) is 0 Å². The summed E-state index contributed by atoms with van der Waals surface area (Å²) < 4.78 is 0. The van der Waals surface area contributed by atoms with E-state index in [1.165, 1.54) is 83.5 Å². The summed E-state index contributed by atoms with van der Waals surface area (Å²) in [4.78, 5) is 0. The van der Waals surface area contributed by atoms with Gasteiger partial charge in [0.15, 0.2) is 0 Å². The van der Waals surface area contributed by atoms with Gasteiger partial charge in [0.05, 0.1) is 0 Å². The minimum absolute atomic E-state index is 0.379. The molecule has 1 fully saturated rings. The molecule has 1 aliphatic rings. The van der Waals surface area contributed by atoms with Gasteiger partial charge < -0.3 is 5.11 Å². The molecule has 0 radical (unpaired) electrons. The van der Waals surface area contributed by atoms with E-state index in [-0.39, 0.29) is 0 Å². The van der Waals surface area contributed by atoms with E-state index < -0.39 is 0 Å². The van der Waals surface area contributed by atoms with Crippen LogP contribution in [0, 0.1) is 23.7 Å². The third-order valence-electron chi connectivity index (χ3n) is 6.05. The number of hydrogen-bond donors (Lipinski definition) is 1. The Morgan fingerprint density at radius 1 is 0.739 bits per heavy atom. The van der Waals surface area contributed by atoms with Gasteiger partial charge >= 0.3 is 0 Å². The van der Waals surface area contributed by atoms with Gasteiger partial charge in [0.25, 0.3) is 0 Å². The summed E-state index contributed by atoms with van der Waals surface area (Å²) in [5.41, 5.74) is 0. The van der Waals surface area contributed by atoms with Gasteiger partial charge in [-0.05, 0) is 30.1 Å². The highest BCUT2D eigenvalue weighted by Crippen LogP contribution is 2.36. The maximum absolute atomic E-state index is 9.06. The molecule has 138 valence electrons. The molecule has 1 rings (SSSR count). The highest BCUT2D eigenvalue weighted by Gasteiger charge is 2.23. The van der Waals surface area contributed by atoms with Crippen LogP contribution in [0.15, 0.2) is 0 Å². The smallest absolute Gasteiger partial charge is 0.0431 e. The lowest BCUT2D eigenvalue weighted by molar-refractivity contribution is 0.205. The maximum Gasteiger partial charge on any atom is 0.0431 e. The van der Waals surface area contributed by atoms with Gasteiger partial charge in [-0.15, -0.1) is 0 Å². The Labute approximate surface area is 146 Å². The fourth-order valence-corrected chi connectivity index (χ4v) is 4.49. The molecule has 1 saturated carbocycles. The minimum Gasteiger partial charge on any atom is -0.396 e. The SMILES string of the molecule is CC(C)CCCC(C)CCCC(CCCCO)C1CCCCC1. The second kappa shape index (κ2) is 13.3. The van der Waals surface area contributed by atoms with Crippen LogP contribution in [0.1, 0.15) is 111 Å². The third-order valence-corrected chi connectivity index (χ3v) is 6.05. The Morgan fingerprint density at radius 3 is 1.96 bits per heavy atom. The van der Waals surface area contributed by atoms with Crippen molar-refractivity contribution in [1.29, 1.82) is 0 Å². The molecule has 23 heavy (non-hydrogen) atoms. The first kappa shape index (κ1) is 21.0. The largest absolute Gasteiger partial charge is 0.396 e. The monoisotopic (exact) mass is 324 g/mol. The van der Waals surface area contributed by atoms with Crippen molar-refractivity contribution in [2.75, 3.05) is 6.61 Å². The molecular weight excluding hydrogens is 280 g/mol. The standard InChI is InChI=1S/C22H44O/c1-19(2)11-9-12-20(3)13-10-17-22(16-7-8-18-23)21-14-5-4-6-15-21/h19-23H,4-18H2,1-3H3. The fraction of sp³-hybridized carbons (Fsp3) is 1.00. The average molecular weight is 325 g/mol. The number of hydrogen-bond acceptors (Lipinski definition) is 1. The quantitative estimate of drug-likeness (QED) is 0.362. The van der Waals surface area contributed by atoms with Crippen LogP contribution in [-0.2, 0) is 0 Å². The van der Waals surface area contributed by atoms with E-state index >= 15 is 0 Å². The number of rotatable bonds is 13. The molecule has 0 saturated heterocycles. The number of unbranched alkanes of at least 4 members (excludes halogenated alkanes) is 1. The van der Waals surface area contributed by atoms with Crippen molar-refractivity contribution in [3.05, 3.63) is 0 Å². The van der Waals surface area contributed by atoms with Crippen molar-refractivity contribution >= 4 is 0 Å². The van der Waals surface area contributed by atoms with Crippen LogP contribution >= 0.6 is 0 Å².